The maximum atomic E-state index is 7.18. The monoisotopic (exact) mass is 776 g/mol. The molecule has 8 aromatic carbocycles. The highest BCUT2D eigenvalue weighted by molar-refractivity contribution is 6.64. The summed E-state index contributed by atoms with van der Waals surface area (Å²) < 4.78 is 8.78. The van der Waals surface area contributed by atoms with Gasteiger partial charge in [-0.3, -0.25) is 0 Å². The first-order chi connectivity index (χ1) is 30.3. The Morgan fingerprint density at radius 3 is 1.58 bits per heavy atom. The Labute approximate surface area is 365 Å². The Hall–Kier alpha value is -7.24. The van der Waals surface area contributed by atoms with Gasteiger partial charge in [0.05, 0.1) is 22.1 Å². The van der Waals surface area contributed by atoms with Crippen molar-refractivity contribution >= 4 is 124 Å². The second-order valence-electron chi connectivity index (χ2n) is 15.3. The molecule has 5 nitrogen and oxygen atoms in total. The molecule has 11 heteroatoms. The summed E-state index contributed by atoms with van der Waals surface area (Å²) >= 11 is 0. The zero-order valence-corrected chi connectivity index (χ0v) is 33.2. The molecule has 0 spiro atoms. The molecule has 0 aliphatic heterocycles. The molecule has 0 N–H and O–H groups in total. The van der Waals surface area contributed by atoms with Gasteiger partial charge < -0.3 is 8.98 Å². The van der Waals surface area contributed by atoms with Gasteiger partial charge in [-0.05, 0) is 45.9 Å². The number of aromatic nitrogens is 4. The second kappa shape index (κ2) is 14.7. The van der Waals surface area contributed by atoms with Gasteiger partial charge in [0, 0.05) is 32.8 Å². The number of hydrogen-bond donors (Lipinski definition) is 0. The summed E-state index contributed by atoms with van der Waals surface area (Å²) in [5.41, 5.74) is 9.85. The maximum Gasteiger partial charge on any atom is 0.164 e. The molecule has 0 aliphatic carbocycles. The first kappa shape index (κ1) is 37.7. The number of nitrogens with zero attached hydrogens (tertiary/aromatic N) is 4. The van der Waals surface area contributed by atoms with Gasteiger partial charge >= 0.3 is 0 Å². The van der Waals surface area contributed by atoms with Crippen molar-refractivity contribution in [1.29, 1.82) is 0 Å². The maximum absolute atomic E-state index is 7.18. The van der Waals surface area contributed by atoms with E-state index >= 15 is 0 Å². The molecular formula is C51H26B6N4O. The van der Waals surface area contributed by atoms with Gasteiger partial charge in [-0.25, -0.2) is 15.0 Å². The smallest absolute Gasteiger partial charge is 0.164 e. The van der Waals surface area contributed by atoms with Crippen molar-refractivity contribution in [3.63, 3.8) is 0 Å². The van der Waals surface area contributed by atoms with Crippen LogP contribution in [0.3, 0.4) is 0 Å². The number of benzene rings is 8. The molecule has 0 unspecified atom stereocenters. The number of rotatable bonds is 6. The summed E-state index contributed by atoms with van der Waals surface area (Å²) in [7, 11) is 42.1. The first-order valence-electron chi connectivity index (χ1n) is 20.0. The van der Waals surface area contributed by atoms with Crippen LogP contribution in [0.1, 0.15) is 0 Å². The SMILES string of the molecule is [B]c1c([B])c(-n2c3ccccc3c3ccc(-c4ccccc4)cc32)c2c(oc3c([B])c(-c4nc(-c5ccccc5)nc(-c5cccc(-c6ccccc6)c5)n4)c([B])c([B])c32)c1[B]. The first-order valence-corrected chi connectivity index (χ1v) is 20.0. The molecular weight excluding hydrogens is 749 g/mol. The Morgan fingerprint density at radius 2 is 0.887 bits per heavy atom. The lowest BCUT2D eigenvalue weighted by Gasteiger charge is -2.19. The third-order valence-corrected chi connectivity index (χ3v) is 11.7. The van der Waals surface area contributed by atoms with Crippen molar-refractivity contribution in [2.75, 3.05) is 0 Å². The molecule has 0 amide bonds. The fourth-order valence-corrected chi connectivity index (χ4v) is 8.65. The summed E-state index contributed by atoms with van der Waals surface area (Å²) in [6, 6.07) is 52.5. The van der Waals surface area contributed by atoms with Crippen molar-refractivity contribution in [1.82, 2.24) is 19.5 Å². The van der Waals surface area contributed by atoms with Gasteiger partial charge in [-0.15, -0.1) is 5.46 Å². The lowest BCUT2D eigenvalue weighted by molar-refractivity contribution is 0.674. The van der Waals surface area contributed by atoms with Crippen LogP contribution in [0.25, 0.3) is 106 Å². The van der Waals surface area contributed by atoms with Gasteiger partial charge in [-0.1, -0.05) is 161 Å². The molecule has 62 heavy (non-hydrogen) atoms. The molecule has 0 fully saturated rings. The van der Waals surface area contributed by atoms with E-state index < -0.39 is 0 Å². The summed E-state index contributed by atoms with van der Waals surface area (Å²) in [6.07, 6.45) is 0. The van der Waals surface area contributed by atoms with Crippen LogP contribution in [0.5, 0.6) is 0 Å². The fourth-order valence-electron chi connectivity index (χ4n) is 8.65. The highest BCUT2D eigenvalue weighted by Crippen LogP contribution is 2.38. The number of furan rings is 1. The molecule has 0 bridgehead atoms. The van der Waals surface area contributed by atoms with E-state index in [0.29, 0.717) is 33.7 Å². The standard InChI is InChI=1S/C51H26B6N4O/c52-40-37-38-46(61-35-22-11-10-21-33(35)34-24-23-31(26-36(34)61)28-15-6-2-7-16-28)44(56)43(55)45(57)48(38)62-47(37)42(54)39(41(40)53)51-59-49(29-17-8-3-9-18-29)58-50(60-51)32-20-12-19-30(25-32)27-13-4-1-5-14-27/h1-26H. The predicted molar refractivity (Wildman–Crippen MR) is 261 cm³/mol. The highest BCUT2D eigenvalue weighted by Gasteiger charge is 2.27. The minimum absolute atomic E-state index is 0.147. The normalized spacial score (nSPS) is 11.6. The largest absolute Gasteiger partial charge is 0.457 e. The van der Waals surface area contributed by atoms with Crippen molar-refractivity contribution in [3.8, 4) is 62.1 Å². The van der Waals surface area contributed by atoms with Crippen LogP contribution in [0, 0.1) is 0 Å². The number of hydrogen-bond acceptors (Lipinski definition) is 4. The van der Waals surface area contributed by atoms with E-state index in [9.17, 15) is 0 Å². The predicted octanol–water partition coefficient (Wildman–Crippen LogP) is 5.97. The van der Waals surface area contributed by atoms with Crippen LogP contribution in [-0.4, -0.2) is 66.6 Å². The molecule has 0 saturated heterocycles. The molecule has 0 atom stereocenters. The van der Waals surface area contributed by atoms with Gasteiger partial charge in [0.15, 0.2) is 17.5 Å². The fraction of sp³-hybridized carbons (Fsp3) is 0. The highest BCUT2D eigenvalue weighted by atomic mass is 16.3. The van der Waals surface area contributed by atoms with Crippen LogP contribution < -0.4 is 32.8 Å². The van der Waals surface area contributed by atoms with Crippen LogP contribution >= 0.6 is 0 Å². The van der Waals surface area contributed by atoms with Crippen LogP contribution in [0.4, 0.5) is 0 Å². The molecule has 3 aromatic heterocycles. The summed E-state index contributed by atoms with van der Waals surface area (Å²) in [6.45, 7) is 0. The lowest BCUT2D eigenvalue weighted by Crippen LogP contribution is -2.41. The summed E-state index contributed by atoms with van der Waals surface area (Å²) in [4.78, 5) is 14.9. The second-order valence-corrected chi connectivity index (χ2v) is 15.3. The van der Waals surface area contributed by atoms with E-state index in [4.69, 9.17) is 66.4 Å². The minimum atomic E-state index is 0.147. The third kappa shape index (κ3) is 5.90. The topological polar surface area (TPSA) is 56.7 Å². The Kier molecular flexibility index (Phi) is 8.97. The third-order valence-electron chi connectivity index (χ3n) is 11.7. The Bertz CT molecular complexity index is 3590. The number of fused-ring (bicyclic) bond motifs is 6. The average Bonchev–Trinajstić information content (AvgIpc) is 3.88. The molecule has 0 aliphatic rings. The van der Waals surface area contributed by atoms with Gasteiger partial charge in [-0.2, -0.15) is 0 Å². The van der Waals surface area contributed by atoms with Crippen LogP contribution in [0.15, 0.2) is 162 Å². The van der Waals surface area contributed by atoms with Crippen LogP contribution in [-0.2, 0) is 0 Å². The molecule has 11 rings (SSSR count). The minimum Gasteiger partial charge on any atom is -0.457 e. The van der Waals surface area contributed by atoms with E-state index in [0.717, 1.165) is 55.2 Å². The zero-order chi connectivity index (χ0) is 42.2. The van der Waals surface area contributed by atoms with Crippen molar-refractivity contribution in [2.24, 2.45) is 0 Å². The van der Waals surface area contributed by atoms with E-state index in [1.54, 1.807) is 0 Å². The summed E-state index contributed by atoms with van der Waals surface area (Å²) in [5.74, 6) is 1.05. The molecule has 11 aromatic rings. The zero-order valence-electron chi connectivity index (χ0n) is 33.2. The van der Waals surface area contributed by atoms with Crippen molar-refractivity contribution in [3.05, 3.63) is 158 Å². The van der Waals surface area contributed by atoms with E-state index in [1.165, 1.54) is 0 Å². The molecule has 12 radical (unpaired) electrons. The van der Waals surface area contributed by atoms with Gasteiger partial charge in [0.2, 0.25) is 0 Å². The quantitative estimate of drug-likeness (QED) is 0.196. The molecule has 3 heterocycles. The molecule has 0 saturated carbocycles. The Morgan fingerprint density at radius 1 is 0.355 bits per heavy atom. The van der Waals surface area contributed by atoms with E-state index in [-0.39, 0.29) is 49.8 Å². The van der Waals surface area contributed by atoms with E-state index in [1.807, 2.05) is 109 Å². The van der Waals surface area contributed by atoms with Crippen molar-refractivity contribution in [2.45, 2.75) is 0 Å². The average molecular weight is 776 g/mol. The summed E-state index contributed by atoms with van der Waals surface area (Å²) in [5, 5.41) is 2.98. The van der Waals surface area contributed by atoms with Gasteiger partial charge in [0.25, 0.3) is 0 Å². The van der Waals surface area contributed by atoms with Crippen molar-refractivity contribution < 1.29 is 4.42 Å². The number of para-hydroxylation sites is 1. The Balaban J connectivity index is 1.19. The van der Waals surface area contributed by atoms with E-state index in [2.05, 4.69) is 53.1 Å². The van der Waals surface area contributed by atoms with Crippen LogP contribution in [0.2, 0.25) is 0 Å². The molecule has 274 valence electrons. The lowest BCUT2D eigenvalue weighted by atomic mass is 9.68. The van der Waals surface area contributed by atoms with Gasteiger partial charge in [0.1, 0.15) is 58.2 Å².